The summed E-state index contributed by atoms with van der Waals surface area (Å²) in [5.74, 6) is -0.724. The van der Waals surface area contributed by atoms with Gasteiger partial charge in [0, 0.05) is 5.69 Å². The number of anilines is 1. The molecule has 70 valence electrons. The second-order valence-electron chi connectivity index (χ2n) is 3.48. The predicted octanol–water partition coefficient (Wildman–Crippen LogP) is 1.63. The van der Waals surface area contributed by atoms with Crippen molar-refractivity contribution in [3.05, 3.63) is 29.3 Å². The number of fused-ring (bicyclic) bond motifs is 1. The summed E-state index contributed by atoms with van der Waals surface area (Å²) in [6.45, 7) is 1.95. The normalized spacial score (nSPS) is 19.4. The maximum atomic E-state index is 11.4. The third kappa shape index (κ3) is 1.25. The highest BCUT2D eigenvalue weighted by atomic mass is 16.1. The van der Waals surface area contributed by atoms with E-state index in [0.717, 1.165) is 16.8 Å². The van der Waals surface area contributed by atoms with Gasteiger partial charge in [0.25, 0.3) is 0 Å². The maximum Gasteiger partial charge on any atom is 0.242 e. The Labute approximate surface area is 82.4 Å². The topological polar surface area (TPSA) is 52.9 Å². The first-order valence-corrected chi connectivity index (χ1v) is 4.51. The fourth-order valence-corrected chi connectivity index (χ4v) is 1.70. The minimum absolute atomic E-state index is 0.186. The van der Waals surface area contributed by atoms with E-state index in [0.29, 0.717) is 6.42 Å². The Morgan fingerprint density at radius 3 is 3.07 bits per heavy atom. The molecule has 0 spiro atoms. The summed E-state index contributed by atoms with van der Waals surface area (Å²) < 4.78 is 0. The van der Waals surface area contributed by atoms with Gasteiger partial charge in [-0.1, -0.05) is 18.2 Å². The summed E-state index contributed by atoms with van der Waals surface area (Å²) in [6, 6.07) is 7.85. The number of benzene rings is 1. The van der Waals surface area contributed by atoms with Gasteiger partial charge >= 0.3 is 0 Å². The van der Waals surface area contributed by atoms with Crippen molar-refractivity contribution >= 4 is 11.6 Å². The van der Waals surface area contributed by atoms with Gasteiger partial charge < -0.3 is 5.32 Å². The molecule has 0 saturated carbocycles. The van der Waals surface area contributed by atoms with E-state index in [1.54, 1.807) is 0 Å². The van der Waals surface area contributed by atoms with Gasteiger partial charge in [0.15, 0.2) is 0 Å². The Morgan fingerprint density at radius 1 is 1.57 bits per heavy atom. The van der Waals surface area contributed by atoms with Crippen LogP contribution in [0.3, 0.4) is 0 Å². The van der Waals surface area contributed by atoms with Gasteiger partial charge in [-0.15, -0.1) is 0 Å². The molecule has 1 N–H and O–H groups in total. The number of carbonyl (C=O) groups is 1. The lowest BCUT2D eigenvalue weighted by atomic mass is 9.92. The molecule has 1 amide bonds. The quantitative estimate of drug-likeness (QED) is 0.669. The summed E-state index contributed by atoms with van der Waals surface area (Å²) >= 11 is 0. The Morgan fingerprint density at radius 2 is 2.36 bits per heavy atom. The number of hydrogen-bond donors (Lipinski definition) is 1. The molecule has 1 aliphatic rings. The van der Waals surface area contributed by atoms with E-state index in [4.69, 9.17) is 5.26 Å². The number of para-hydroxylation sites is 1. The highest BCUT2D eigenvalue weighted by molar-refractivity contribution is 5.97. The van der Waals surface area contributed by atoms with E-state index < -0.39 is 5.92 Å². The highest BCUT2D eigenvalue weighted by Crippen LogP contribution is 2.27. The van der Waals surface area contributed by atoms with Crippen LogP contribution in [0.4, 0.5) is 5.69 Å². The van der Waals surface area contributed by atoms with Gasteiger partial charge in [0.1, 0.15) is 5.92 Å². The smallest absolute Gasteiger partial charge is 0.242 e. The van der Waals surface area contributed by atoms with Crippen molar-refractivity contribution < 1.29 is 4.79 Å². The highest BCUT2D eigenvalue weighted by Gasteiger charge is 2.26. The Bertz CT molecular complexity index is 431. The van der Waals surface area contributed by atoms with Crippen molar-refractivity contribution in [2.75, 3.05) is 5.32 Å². The third-order valence-electron chi connectivity index (χ3n) is 2.50. The Balaban J connectivity index is 2.46. The molecular weight excluding hydrogens is 176 g/mol. The standard InChI is InChI=1S/C11H10N2O/c1-7-3-2-4-8-5-9(6-12)11(14)13-10(7)8/h2-4,9H,5H2,1H3,(H,13,14). The van der Waals surface area contributed by atoms with Gasteiger partial charge in [-0.2, -0.15) is 5.26 Å². The van der Waals surface area contributed by atoms with Crippen LogP contribution in [-0.2, 0) is 11.2 Å². The Kier molecular flexibility index (Phi) is 1.97. The summed E-state index contributed by atoms with van der Waals surface area (Å²) in [7, 11) is 0. The second kappa shape index (κ2) is 3.15. The van der Waals surface area contributed by atoms with Crippen molar-refractivity contribution in [2.24, 2.45) is 5.92 Å². The predicted molar refractivity (Wildman–Crippen MR) is 52.6 cm³/mol. The monoisotopic (exact) mass is 186 g/mol. The molecular formula is C11H10N2O. The first-order valence-electron chi connectivity index (χ1n) is 4.51. The van der Waals surface area contributed by atoms with Crippen molar-refractivity contribution in [2.45, 2.75) is 13.3 Å². The number of amides is 1. The first kappa shape index (κ1) is 8.76. The van der Waals surface area contributed by atoms with Gasteiger partial charge in [-0.25, -0.2) is 0 Å². The molecule has 14 heavy (non-hydrogen) atoms. The van der Waals surface area contributed by atoms with E-state index >= 15 is 0 Å². The van der Waals surface area contributed by atoms with Gasteiger partial charge in [-0.05, 0) is 24.5 Å². The molecule has 3 nitrogen and oxygen atoms in total. The van der Waals surface area contributed by atoms with Crippen molar-refractivity contribution in [3.63, 3.8) is 0 Å². The van der Waals surface area contributed by atoms with Crippen molar-refractivity contribution in [3.8, 4) is 6.07 Å². The number of aryl methyl sites for hydroxylation is 1. The molecule has 0 fully saturated rings. The minimum Gasteiger partial charge on any atom is -0.324 e. The summed E-state index contributed by atoms with van der Waals surface area (Å²) in [5, 5.41) is 11.5. The molecule has 1 atom stereocenters. The van der Waals surface area contributed by atoms with E-state index in [2.05, 4.69) is 5.32 Å². The summed E-state index contributed by atoms with van der Waals surface area (Å²) in [6.07, 6.45) is 0.527. The Hall–Kier alpha value is -1.82. The van der Waals surface area contributed by atoms with Crippen molar-refractivity contribution in [1.29, 1.82) is 5.26 Å². The van der Waals surface area contributed by atoms with Crippen LogP contribution in [-0.4, -0.2) is 5.91 Å². The number of nitrogens with one attached hydrogen (secondary N) is 1. The van der Waals surface area contributed by atoms with Crippen LogP contribution in [0.5, 0.6) is 0 Å². The molecule has 0 aromatic heterocycles. The molecule has 1 heterocycles. The van der Waals surface area contributed by atoms with E-state index in [1.165, 1.54) is 0 Å². The molecule has 0 saturated heterocycles. The fraction of sp³-hybridized carbons (Fsp3) is 0.273. The zero-order valence-corrected chi connectivity index (χ0v) is 7.87. The van der Waals surface area contributed by atoms with Crippen molar-refractivity contribution in [1.82, 2.24) is 0 Å². The zero-order valence-electron chi connectivity index (χ0n) is 7.87. The van der Waals surface area contributed by atoms with Gasteiger partial charge in [0.05, 0.1) is 6.07 Å². The molecule has 1 aromatic carbocycles. The molecule has 0 aliphatic carbocycles. The van der Waals surface area contributed by atoms with Crippen LogP contribution in [0.2, 0.25) is 0 Å². The molecule has 1 aromatic rings. The number of carbonyl (C=O) groups excluding carboxylic acids is 1. The number of nitrogens with zero attached hydrogens (tertiary/aromatic N) is 1. The zero-order chi connectivity index (χ0) is 10.1. The summed E-state index contributed by atoms with van der Waals surface area (Å²) in [4.78, 5) is 11.4. The van der Waals surface area contributed by atoms with Crippen LogP contribution < -0.4 is 5.32 Å². The van der Waals surface area contributed by atoms with Crippen LogP contribution in [0.15, 0.2) is 18.2 Å². The molecule has 0 bridgehead atoms. The van der Waals surface area contributed by atoms with Crippen LogP contribution in [0.25, 0.3) is 0 Å². The number of hydrogen-bond acceptors (Lipinski definition) is 2. The van der Waals surface area contributed by atoms with E-state index in [-0.39, 0.29) is 5.91 Å². The fourth-order valence-electron chi connectivity index (χ4n) is 1.70. The lowest BCUT2D eigenvalue weighted by Gasteiger charge is -2.21. The SMILES string of the molecule is Cc1cccc2c1NC(=O)C(C#N)C2. The first-order chi connectivity index (χ1) is 6.72. The third-order valence-corrected chi connectivity index (χ3v) is 2.50. The average molecular weight is 186 g/mol. The lowest BCUT2D eigenvalue weighted by Crippen LogP contribution is -2.29. The van der Waals surface area contributed by atoms with Crippen LogP contribution in [0.1, 0.15) is 11.1 Å². The molecule has 1 unspecified atom stereocenters. The van der Waals surface area contributed by atoms with Gasteiger partial charge in [-0.3, -0.25) is 4.79 Å². The van der Waals surface area contributed by atoms with E-state index in [1.807, 2.05) is 31.2 Å². The van der Waals surface area contributed by atoms with E-state index in [9.17, 15) is 4.79 Å². The number of nitriles is 1. The molecule has 2 rings (SSSR count). The molecule has 1 aliphatic heterocycles. The average Bonchev–Trinajstić information content (AvgIpc) is 2.19. The largest absolute Gasteiger partial charge is 0.324 e. The lowest BCUT2D eigenvalue weighted by molar-refractivity contribution is -0.118. The minimum atomic E-state index is -0.538. The summed E-state index contributed by atoms with van der Waals surface area (Å²) in [5.41, 5.74) is 2.98. The van der Waals surface area contributed by atoms with Crippen LogP contribution >= 0.6 is 0 Å². The number of rotatable bonds is 0. The molecule has 0 radical (unpaired) electrons. The van der Waals surface area contributed by atoms with Gasteiger partial charge in [0.2, 0.25) is 5.91 Å². The molecule has 3 heteroatoms. The van der Waals surface area contributed by atoms with Crippen LogP contribution in [0, 0.1) is 24.2 Å². The second-order valence-corrected chi connectivity index (χ2v) is 3.48. The maximum absolute atomic E-state index is 11.4.